The zero-order chi connectivity index (χ0) is 17.3. The van der Waals surface area contributed by atoms with Gasteiger partial charge in [0.1, 0.15) is 5.69 Å². The number of carbonyl (C=O) groups excluding carboxylic acids is 1. The molecule has 0 unspecified atom stereocenters. The molecule has 5 heteroatoms. The highest BCUT2D eigenvalue weighted by molar-refractivity contribution is 5.93. The Balaban J connectivity index is 1.64. The number of pyridine rings is 2. The molecule has 25 heavy (non-hydrogen) atoms. The molecule has 1 aliphatic heterocycles. The number of nitrogens with zero attached hydrogens (tertiary/aromatic N) is 3. The lowest BCUT2D eigenvalue weighted by molar-refractivity contribution is 0.0946. The number of hydrogen-bond donors (Lipinski definition) is 1. The molecule has 0 aromatic carbocycles. The molecular formula is C20H26N4O. The molecule has 1 N–H and O–H groups in total. The summed E-state index contributed by atoms with van der Waals surface area (Å²) in [5.74, 6) is -0.144. The van der Waals surface area contributed by atoms with Gasteiger partial charge in [0.2, 0.25) is 0 Å². The Morgan fingerprint density at radius 3 is 2.52 bits per heavy atom. The van der Waals surface area contributed by atoms with E-state index in [0.29, 0.717) is 12.2 Å². The molecule has 3 heterocycles. The Kier molecular flexibility index (Phi) is 6.37. The van der Waals surface area contributed by atoms with Crippen molar-refractivity contribution < 1.29 is 4.79 Å². The highest BCUT2D eigenvalue weighted by Crippen LogP contribution is 2.19. The first-order chi connectivity index (χ1) is 12.3. The quantitative estimate of drug-likeness (QED) is 0.926. The van der Waals surface area contributed by atoms with Gasteiger partial charge in [-0.1, -0.05) is 31.7 Å². The molecule has 0 atom stereocenters. The molecule has 0 radical (unpaired) electrons. The number of anilines is 1. The van der Waals surface area contributed by atoms with Gasteiger partial charge in [0.15, 0.2) is 0 Å². The highest BCUT2D eigenvalue weighted by Gasteiger charge is 2.12. The van der Waals surface area contributed by atoms with Crippen LogP contribution in [0.15, 0.2) is 42.9 Å². The standard InChI is InChI=1S/C20H26N4O/c25-20(23-16-17-8-7-10-21-15-17)19-14-18(9-11-22-19)24-12-5-3-1-2-4-6-13-24/h7-11,14-15H,1-6,12-13,16H2,(H,23,25). The molecule has 1 aliphatic rings. The van der Waals surface area contributed by atoms with Crippen LogP contribution in [0.3, 0.4) is 0 Å². The minimum atomic E-state index is -0.144. The summed E-state index contributed by atoms with van der Waals surface area (Å²) < 4.78 is 0. The van der Waals surface area contributed by atoms with Crippen molar-refractivity contribution in [2.75, 3.05) is 18.0 Å². The fourth-order valence-corrected chi connectivity index (χ4v) is 3.20. The smallest absolute Gasteiger partial charge is 0.270 e. The van der Waals surface area contributed by atoms with Crippen molar-refractivity contribution in [3.63, 3.8) is 0 Å². The van der Waals surface area contributed by atoms with E-state index in [2.05, 4.69) is 20.2 Å². The molecule has 5 nitrogen and oxygen atoms in total. The van der Waals surface area contributed by atoms with Crippen LogP contribution in [0.25, 0.3) is 0 Å². The van der Waals surface area contributed by atoms with E-state index in [0.717, 1.165) is 24.3 Å². The summed E-state index contributed by atoms with van der Waals surface area (Å²) in [4.78, 5) is 23.1. The summed E-state index contributed by atoms with van der Waals surface area (Å²) in [6.45, 7) is 2.57. The molecular weight excluding hydrogens is 312 g/mol. The molecule has 0 bridgehead atoms. The third-order valence-electron chi connectivity index (χ3n) is 4.62. The Labute approximate surface area is 149 Å². The van der Waals surface area contributed by atoms with Gasteiger partial charge in [-0.25, -0.2) is 0 Å². The van der Waals surface area contributed by atoms with Gasteiger partial charge < -0.3 is 10.2 Å². The summed E-state index contributed by atoms with van der Waals surface area (Å²) in [5, 5.41) is 2.92. The molecule has 0 spiro atoms. The summed E-state index contributed by atoms with van der Waals surface area (Å²) in [7, 11) is 0. The van der Waals surface area contributed by atoms with E-state index in [4.69, 9.17) is 0 Å². The summed E-state index contributed by atoms with van der Waals surface area (Å²) >= 11 is 0. The van der Waals surface area contributed by atoms with Gasteiger partial charge >= 0.3 is 0 Å². The van der Waals surface area contributed by atoms with E-state index in [1.807, 2.05) is 24.3 Å². The average molecular weight is 338 g/mol. The zero-order valence-corrected chi connectivity index (χ0v) is 14.7. The van der Waals surface area contributed by atoms with Crippen molar-refractivity contribution in [3.8, 4) is 0 Å². The van der Waals surface area contributed by atoms with E-state index in [1.165, 1.54) is 38.5 Å². The maximum Gasteiger partial charge on any atom is 0.270 e. The van der Waals surface area contributed by atoms with E-state index in [9.17, 15) is 4.79 Å². The second kappa shape index (κ2) is 9.16. The van der Waals surface area contributed by atoms with Crippen LogP contribution in [0, 0.1) is 0 Å². The van der Waals surface area contributed by atoms with E-state index < -0.39 is 0 Å². The van der Waals surface area contributed by atoms with Gasteiger partial charge in [0.25, 0.3) is 5.91 Å². The summed E-state index contributed by atoms with van der Waals surface area (Å²) in [6, 6.07) is 7.73. The van der Waals surface area contributed by atoms with Crippen LogP contribution in [-0.2, 0) is 6.54 Å². The summed E-state index contributed by atoms with van der Waals surface area (Å²) in [5.41, 5.74) is 2.55. The number of carbonyl (C=O) groups is 1. The first-order valence-electron chi connectivity index (χ1n) is 9.21. The van der Waals surface area contributed by atoms with Crippen LogP contribution >= 0.6 is 0 Å². The molecule has 0 aliphatic carbocycles. The Morgan fingerprint density at radius 1 is 1.04 bits per heavy atom. The van der Waals surface area contributed by atoms with Crippen molar-refractivity contribution >= 4 is 11.6 Å². The number of rotatable bonds is 4. The lowest BCUT2D eigenvalue weighted by Gasteiger charge is -2.24. The SMILES string of the molecule is O=C(NCc1cccnc1)c1cc(N2CCCCCCCC2)ccn1. The van der Waals surface area contributed by atoms with Crippen molar-refractivity contribution in [2.45, 2.75) is 45.1 Å². The van der Waals surface area contributed by atoms with Gasteiger partial charge in [-0.15, -0.1) is 0 Å². The molecule has 1 fully saturated rings. The van der Waals surface area contributed by atoms with Crippen LogP contribution in [-0.4, -0.2) is 29.0 Å². The van der Waals surface area contributed by atoms with Crippen LogP contribution in [0.5, 0.6) is 0 Å². The second-order valence-electron chi connectivity index (χ2n) is 6.55. The Hall–Kier alpha value is -2.43. The van der Waals surface area contributed by atoms with Gasteiger partial charge in [0.05, 0.1) is 0 Å². The minimum Gasteiger partial charge on any atom is -0.371 e. The second-order valence-corrected chi connectivity index (χ2v) is 6.55. The van der Waals surface area contributed by atoms with Crippen molar-refractivity contribution in [2.24, 2.45) is 0 Å². The number of amides is 1. The predicted molar refractivity (Wildman–Crippen MR) is 99.6 cm³/mol. The third-order valence-corrected chi connectivity index (χ3v) is 4.62. The molecule has 1 saturated heterocycles. The van der Waals surface area contributed by atoms with Crippen LogP contribution in [0.1, 0.15) is 54.6 Å². The van der Waals surface area contributed by atoms with E-state index >= 15 is 0 Å². The first-order valence-corrected chi connectivity index (χ1v) is 9.21. The zero-order valence-electron chi connectivity index (χ0n) is 14.7. The monoisotopic (exact) mass is 338 g/mol. The van der Waals surface area contributed by atoms with Gasteiger partial charge in [-0.2, -0.15) is 0 Å². The topological polar surface area (TPSA) is 58.1 Å². The number of hydrogen-bond acceptors (Lipinski definition) is 4. The lowest BCUT2D eigenvalue weighted by Crippen LogP contribution is -2.27. The van der Waals surface area contributed by atoms with Crippen LogP contribution in [0.2, 0.25) is 0 Å². The van der Waals surface area contributed by atoms with Gasteiger partial charge in [0, 0.05) is 43.9 Å². The van der Waals surface area contributed by atoms with Crippen molar-refractivity contribution in [1.82, 2.24) is 15.3 Å². The first kappa shape index (κ1) is 17.4. The van der Waals surface area contributed by atoms with Gasteiger partial charge in [-0.05, 0) is 36.6 Å². The Morgan fingerprint density at radius 2 is 1.80 bits per heavy atom. The fourth-order valence-electron chi connectivity index (χ4n) is 3.20. The normalized spacial score (nSPS) is 15.8. The lowest BCUT2D eigenvalue weighted by atomic mass is 10.1. The van der Waals surface area contributed by atoms with E-state index in [1.54, 1.807) is 18.6 Å². The minimum absolute atomic E-state index is 0.144. The van der Waals surface area contributed by atoms with Crippen LogP contribution < -0.4 is 10.2 Å². The summed E-state index contributed by atoms with van der Waals surface area (Å²) in [6.07, 6.45) is 12.9. The molecule has 132 valence electrons. The highest BCUT2D eigenvalue weighted by atomic mass is 16.1. The number of nitrogens with one attached hydrogen (secondary N) is 1. The van der Waals surface area contributed by atoms with E-state index in [-0.39, 0.29) is 5.91 Å². The maximum atomic E-state index is 12.4. The van der Waals surface area contributed by atoms with Crippen LogP contribution in [0.4, 0.5) is 5.69 Å². The van der Waals surface area contributed by atoms with Crippen molar-refractivity contribution in [1.29, 1.82) is 0 Å². The van der Waals surface area contributed by atoms with Crippen molar-refractivity contribution in [3.05, 3.63) is 54.1 Å². The largest absolute Gasteiger partial charge is 0.371 e. The molecule has 2 aromatic rings. The average Bonchev–Trinajstić information content (AvgIpc) is 2.81. The van der Waals surface area contributed by atoms with Gasteiger partial charge in [-0.3, -0.25) is 14.8 Å². The third kappa shape index (κ3) is 5.28. The molecule has 1 amide bonds. The molecule has 3 rings (SSSR count). The fraction of sp³-hybridized carbons (Fsp3) is 0.450. The molecule has 2 aromatic heterocycles. The number of aromatic nitrogens is 2. The maximum absolute atomic E-state index is 12.4. The predicted octanol–water partition coefficient (Wildman–Crippen LogP) is 3.57. The molecule has 0 saturated carbocycles. The Bertz CT molecular complexity index is 664.